The van der Waals surface area contributed by atoms with Crippen molar-refractivity contribution in [3.05, 3.63) is 0 Å². The third-order valence-corrected chi connectivity index (χ3v) is 5.96. The molecule has 118 valence electrons. The first-order valence-electron chi connectivity index (χ1n) is 8.70. The fourth-order valence-electron chi connectivity index (χ4n) is 4.16. The van der Waals surface area contributed by atoms with Crippen molar-refractivity contribution >= 4 is 11.8 Å². The summed E-state index contributed by atoms with van der Waals surface area (Å²) >= 11 is 0. The van der Waals surface area contributed by atoms with Crippen molar-refractivity contribution in [2.45, 2.75) is 76.8 Å². The van der Waals surface area contributed by atoms with Crippen molar-refractivity contribution in [1.29, 1.82) is 0 Å². The summed E-state index contributed by atoms with van der Waals surface area (Å²) in [6, 6.07) is -0.255. The van der Waals surface area contributed by atoms with Crippen molar-refractivity contribution in [2.75, 3.05) is 6.54 Å². The molecule has 1 N–H and O–H groups in total. The summed E-state index contributed by atoms with van der Waals surface area (Å²) in [4.78, 5) is 27.8. The third-order valence-electron chi connectivity index (χ3n) is 5.96. The number of hydrogen-bond acceptors (Lipinski definition) is 2. The summed E-state index contributed by atoms with van der Waals surface area (Å²) in [5, 5.41) is 3.12. The Morgan fingerprint density at radius 2 is 1.90 bits per heavy atom. The van der Waals surface area contributed by atoms with Crippen LogP contribution in [0.5, 0.6) is 0 Å². The van der Waals surface area contributed by atoms with Crippen LogP contribution < -0.4 is 5.32 Å². The van der Waals surface area contributed by atoms with E-state index < -0.39 is 5.54 Å². The molecule has 4 nitrogen and oxygen atoms in total. The third kappa shape index (κ3) is 2.47. The quantitative estimate of drug-likeness (QED) is 0.865. The van der Waals surface area contributed by atoms with Crippen LogP contribution in [0.2, 0.25) is 0 Å². The Balaban J connectivity index is 1.86. The summed E-state index contributed by atoms with van der Waals surface area (Å²) in [6.45, 7) is 4.99. The van der Waals surface area contributed by atoms with Crippen LogP contribution in [-0.2, 0) is 9.59 Å². The maximum Gasteiger partial charge on any atom is 0.249 e. The lowest BCUT2D eigenvalue weighted by Gasteiger charge is -2.48. The average Bonchev–Trinajstić information content (AvgIpc) is 2.87. The van der Waals surface area contributed by atoms with E-state index in [4.69, 9.17) is 0 Å². The lowest BCUT2D eigenvalue weighted by atomic mass is 9.81. The second kappa shape index (κ2) is 5.62. The van der Waals surface area contributed by atoms with E-state index in [-0.39, 0.29) is 23.8 Å². The lowest BCUT2D eigenvalue weighted by Crippen LogP contribution is -2.71. The molecule has 0 bridgehead atoms. The SMILES string of the molecule is CCC(C)C1C(=O)NC2(CCCC2)C(=O)N1CC1CCC1. The van der Waals surface area contributed by atoms with E-state index >= 15 is 0 Å². The summed E-state index contributed by atoms with van der Waals surface area (Å²) in [7, 11) is 0. The Labute approximate surface area is 127 Å². The highest BCUT2D eigenvalue weighted by Gasteiger charge is 2.53. The van der Waals surface area contributed by atoms with Gasteiger partial charge in [-0.25, -0.2) is 0 Å². The molecule has 0 aromatic heterocycles. The number of hydrogen-bond donors (Lipinski definition) is 1. The topological polar surface area (TPSA) is 49.4 Å². The number of amides is 2. The Morgan fingerprint density at radius 3 is 2.43 bits per heavy atom. The van der Waals surface area contributed by atoms with E-state index in [0.717, 1.165) is 38.6 Å². The Hall–Kier alpha value is -1.06. The predicted molar refractivity (Wildman–Crippen MR) is 81.6 cm³/mol. The summed E-state index contributed by atoms with van der Waals surface area (Å²) in [5.41, 5.74) is -0.565. The van der Waals surface area contributed by atoms with Gasteiger partial charge in [-0.3, -0.25) is 9.59 Å². The molecule has 1 saturated heterocycles. The molecule has 1 spiro atoms. The lowest BCUT2D eigenvalue weighted by molar-refractivity contribution is -0.158. The molecule has 3 fully saturated rings. The van der Waals surface area contributed by atoms with Crippen LogP contribution >= 0.6 is 0 Å². The first-order valence-corrected chi connectivity index (χ1v) is 8.70. The van der Waals surface area contributed by atoms with Gasteiger partial charge < -0.3 is 10.2 Å². The molecule has 3 rings (SSSR count). The van der Waals surface area contributed by atoms with Gasteiger partial charge in [0.1, 0.15) is 11.6 Å². The van der Waals surface area contributed by atoms with Crippen molar-refractivity contribution in [3.63, 3.8) is 0 Å². The molecule has 4 heteroatoms. The standard InChI is InChI=1S/C17H28N2O2/c1-3-12(2)14-15(20)18-17(9-4-5-10-17)16(21)19(14)11-13-7-6-8-13/h12-14H,3-11H2,1-2H3,(H,18,20). The normalized spacial score (nSPS) is 30.4. The van der Waals surface area contributed by atoms with Gasteiger partial charge in [-0.15, -0.1) is 0 Å². The zero-order chi connectivity index (χ0) is 15.0. The highest BCUT2D eigenvalue weighted by atomic mass is 16.2. The smallest absolute Gasteiger partial charge is 0.249 e. The van der Waals surface area contributed by atoms with E-state index in [2.05, 4.69) is 19.2 Å². The van der Waals surface area contributed by atoms with Gasteiger partial charge in [0, 0.05) is 6.54 Å². The fourth-order valence-corrected chi connectivity index (χ4v) is 4.16. The molecule has 2 aliphatic carbocycles. The minimum atomic E-state index is -0.565. The van der Waals surface area contributed by atoms with E-state index in [1.165, 1.54) is 19.3 Å². The Morgan fingerprint density at radius 1 is 1.24 bits per heavy atom. The summed E-state index contributed by atoms with van der Waals surface area (Å²) in [6.07, 6.45) is 8.39. The summed E-state index contributed by atoms with van der Waals surface area (Å²) < 4.78 is 0. The van der Waals surface area contributed by atoms with Gasteiger partial charge in [0.25, 0.3) is 0 Å². The number of piperazine rings is 1. The number of carbonyl (C=O) groups is 2. The van der Waals surface area contributed by atoms with Crippen LogP contribution in [0.15, 0.2) is 0 Å². The van der Waals surface area contributed by atoms with Gasteiger partial charge in [0.2, 0.25) is 11.8 Å². The maximum atomic E-state index is 13.1. The molecule has 1 heterocycles. The van der Waals surface area contributed by atoms with E-state index in [0.29, 0.717) is 5.92 Å². The largest absolute Gasteiger partial charge is 0.340 e. The number of rotatable bonds is 4. The maximum absolute atomic E-state index is 13.1. The number of carbonyl (C=O) groups excluding carboxylic acids is 2. The minimum Gasteiger partial charge on any atom is -0.340 e. The molecule has 21 heavy (non-hydrogen) atoms. The van der Waals surface area contributed by atoms with Crippen LogP contribution in [0.3, 0.4) is 0 Å². The predicted octanol–water partition coefficient (Wildman–Crippen LogP) is 2.47. The van der Waals surface area contributed by atoms with Gasteiger partial charge in [0.15, 0.2) is 0 Å². The zero-order valence-corrected chi connectivity index (χ0v) is 13.4. The number of nitrogens with zero attached hydrogens (tertiary/aromatic N) is 1. The van der Waals surface area contributed by atoms with Crippen LogP contribution in [0.1, 0.15) is 65.2 Å². The molecule has 0 aromatic carbocycles. The Kier molecular flexibility index (Phi) is 3.98. The molecule has 2 atom stereocenters. The Bertz CT molecular complexity index is 425. The molecule has 3 aliphatic rings. The highest BCUT2D eigenvalue weighted by molar-refractivity contribution is 6.00. The van der Waals surface area contributed by atoms with Crippen LogP contribution in [0.25, 0.3) is 0 Å². The van der Waals surface area contributed by atoms with Crippen molar-refractivity contribution < 1.29 is 9.59 Å². The molecule has 2 unspecified atom stereocenters. The molecule has 2 amide bonds. The van der Waals surface area contributed by atoms with E-state index in [9.17, 15) is 9.59 Å². The molecule has 1 aliphatic heterocycles. The molecule has 0 aromatic rings. The second-order valence-electron chi connectivity index (χ2n) is 7.36. The highest BCUT2D eigenvalue weighted by Crippen LogP contribution is 2.38. The van der Waals surface area contributed by atoms with Gasteiger partial charge in [0.05, 0.1) is 0 Å². The molecular formula is C17H28N2O2. The van der Waals surface area contributed by atoms with Crippen LogP contribution in [0.4, 0.5) is 0 Å². The monoisotopic (exact) mass is 292 g/mol. The van der Waals surface area contributed by atoms with Crippen LogP contribution in [0, 0.1) is 11.8 Å². The minimum absolute atomic E-state index is 0.0881. The van der Waals surface area contributed by atoms with Crippen LogP contribution in [-0.4, -0.2) is 34.8 Å². The second-order valence-corrected chi connectivity index (χ2v) is 7.36. The van der Waals surface area contributed by atoms with Crippen molar-refractivity contribution in [1.82, 2.24) is 10.2 Å². The van der Waals surface area contributed by atoms with Gasteiger partial charge in [-0.05, 0) is 37.5 Å². The number of nitrogens with one attached hydrogen (secondary N) is 1. The fraction of sp³-hybridized carbons (Fsp3) is 0.882. The first-order chi connectivity index (χ1) is 10.1. The van der Waals surface area contributed by atoms with Gasteiger partial charge in [-0.1, -0.05) is 39.5 Å². The van der Waals surface area contributed by atoms with Gasteiger partial charge >= 0.3 is 0 Å². The van der Waals surface area contributed by atoms with E-state index in [1.807, 2.05) is 4.90 Å². The molecule has 0 radical (unpaired) electrons. The van der Waals surface area contributed by atoms with Crippen molar-refractivity contribution in [2.24, 2.45) is 11.8 Å². The first kappa shape index (κ1) is 14.9. The average molecular weight is 292 g/mol. The molecule has 2 saturated carbocycles. The zero-order valence-electron chi connectivity index (χ0n) is 13.4. The summed E-state index contributed by atoms with van der Waals surface area (Å²) in [5.74, 6) is 1.14. The van der Waals surface area contributed by atoms with Crippen molar-refractivity contribution in [3.8, 4) is 0 Å². The van der Waals surface area contributed by atoms with Gasteiger partial charge in [-0.2, -0.15) is 0 Å². The molecular weight excluding hydrogens is 264 g/mol. The van der Waals surface area contributed by atoms with E-state index in [1.54, 1.807) is 0 Å².